The van der Waals surface area contributed by atoms with Crippen molar-refractivity contribution in [3.63, 3.8) is 0 Å². The molecule has 1 heterocycles. The number of aliphatic hydroxyl groups excluding tert-OH is 1. The van der Waals surface area contributed by atoms with Gasteiger partial charge in [0.15, 0.2) is 0 Å². The predicted molar refractivity (Wildman–Crippen MR) is 54.0 cm³/mol. The Kier molecular flexibility index (Phi) is 3.90. The molecule has 0 aromatic heterocycles. The van der Waals surface area contributed by atoms with Crippen molar-refractivity contribution in [2.75, 3.05) is 13.1 Å². The Morgan fingerprint density at radius 1 is 1.60 bits per heavy atom. The van der Waals surface area contributed by atoms with Gasteiger partial charge in [0.05, 0.1) is 6.10 Å². The maximum atomic E-state index is 11.6. The lowest BCUT2D eigenvalue weighted by Crippen LogP contribution is -2.48. The van der Waals surface area contributed by atoms with Crippen LogP contribution in [0.5, 0.6) is 0 Å². The van der Waals surface area contributed by atoms with Gasteiger partial charge < -0.3 is 21.1 Å². The van der Waals surface area contributed by atoms with Crippen molar-refractivity contribution in [3.05, 3.63) is 0 Å². The summed E-state index contributed by atoms with van der Waals surface area (Å²) >= 11 is 0. The molecule has 15 heavy (non-hydrogen) atoms. The molecule has 0 unspecified atom stereocenters. The Bertz CT molecular complexity index is 257. The molecule has 1 fully saturated rings. The fraction of sp³-hybridized carbons (Fsp3) is 0.778. The Morgan fingerprint density at radius 3 is 2.80 bits per heavy atom. The topological polar surface area (TPSA) is 95.7 Å². The van der Waals surface area contributed by atoms with Gasteiger partial charge in [-0.05, 0) is 6.42 Å². The minimum absolute atomic E-state index is 0.170. The third-order valence-corrected chi connectivity index (χ3v) is 2.39. The summed E-state index contributed by atoms with van der Waals surface area (Å²) in [6.07, 6.45) is 0.396. The number of rotatable bonds is 3. The van der Waals surface area contributed by atoms with Crippen molar-refractivity contribution >= 4 is 11.9 Å². The standard InChI is InChI=1S/C9H17N3O3/c1-2-3-11-9(15)12-5-6(13)4-7(12)8(10)14/h6-7,13H,2-5H2,1H3,(H2,10,14)(H,11,15)/t6-,7+/m1/s1. The first-order chi connectivity index (χ1) is 7.06. The summed E-state index contributed by atoms with van der Waals surface area (Å²) in [5, 5.41) is 12.0. The molecule has 0 aromatic carbocycles. The number of urea groups is 1. The van der Waals surface area contributed by atoms with Crippen molar-refractivity contribution in [2.24, 2.45) is 5.73 Å². The van der Waals surface area contributed by atoms with Crippen LogP contribution in [0.3, 0.4) is 0 Å². The van der Waals surface area contributed by atoms with Crippen molar-refractivity contribution in [3.8, 4) is 0 Å². The van der Waals surface area contributed by atoms with E-state index in [9.17, 15) is 14.7 Å². The van der Waals surface area contributed by atoms with E-state index in [1.165, 1.54) is 4.90 Å². The first-order valence-electron chi connectivity index (χ1n) is 5.08. The number of hydrogen-bond acceptors (Lipinski definition) is 3. The van der Waals surface area contributed by atoms with E-state index in [-0.39, 0.29) is 19.0 Å². The lowest BCUT2D eigenvalue weighted by Gasteiger charge is -2.21. The number of carbonyl (C=O) groups excluding carboxylic acids is 2. The van der Waals surface area contributed by atoms with Crippen molar-refractivity contribution in [1.82, 2.24) is 10.2 Å². The molecule has 6 nitrogen and oxygen atoms in total. The van der Waals surface area contributed by atoms with Gasteiger partial charge >= 0.3 is 6.03 Å². The SMILES string of the molecule is CCCNC(=O)N1C[C@H](O)C[C@H]1C(N)=O. The van der Waals surface area contributed by atoms with Crippen LogP contribution in [0.2, 0.25) is 0 Å². The Balaban J connectivity index is 2.58. The molecule has 1 aliphatic rings. The molecule has 6 heteroatoms. The number of nitrogens with two attached hydrogens (primary N) is 1. The zero-order valence-electron chi connectivity index (χ0n) is 8.77. The monoisotopic (exact) mass is 215 g/mol. The minimum atomic E-state index is -0.683. The molecular formula is C9H17N3O3. The number of nitrogens with one attached hydrogen (secondary N) is 1. The van der Waals surface area contributed by atoms with Gasteiger partial charge in [0.1, 0.15) is 6.04 Å². The minimum Gasteiger partial charge on any atom is -0.391 e. The summed E-state index contributed by atoms with van der Waals surface area (Å²) in [6, 6.07) is -1.02. The normalized spacial score (nSPS) is 25.3. The molecule has 86 valence electrons. The number of amides is 3. The molecule has 0 aromatic rings. The fourth-order valence-corrected chi connectivity index (χ4v) is 1.64. The Morgan fingerprint density at radius 2 is 2.27 bits per heavy atom. The van der Waals surface area contributed by atoms with Gasteiger partial charge in [0.25, 0.3) is 0 Å². The quantitative estimate of drug-likeness (QED) is 0.565. The third kappa shape index (κ3) is 2.82. The molecule has 1 aliphatic heterocycles. The summed E-state index contributed by atoms with van der Waals surface area (Å²) in [7, 11) is 0. The van der Waals surface area contributed by atoms with E-state index in [4.69, 9.17) is 5.73 Å². The number of likely N-dealkylation sites (tertiary alicyclic amines) is 1. The maximum absolute atomic E-state index is 11.6. The smallest absolute Gasteiger partial charge is 0.318 e. The highest BCUT2D eigenvalue weighted by Gasteiger charge is 2.37. The van der Waals surface area contributed by atoms with E-state index < -0.39 is 18.1 Å². The number of aliphatic hydroxyl groups is 1. The number of nitrogens with zero attached hydrogens (tertiary/aromatic N) is 1. The van der Waals surface area contributed by atoms with Crippen molar-refractivity contribution in [2.45, 2.75) is 31.9 Å². The first kappa shape index (κ1) is 11.8. The summed E-state index contributed by atoms with van der Waals surface area (Å²) in [5.41, 5.74) is 5.15. The highest BCUT2D eigenvalue weighted by Crippen LogP contribution is 2.17. The number of carbonyl (C=O) groups is 2. The molecule has 0 spiro atoms. The highest BCUT2D eigenvalue weighted by atomic mass is 16.3. The van der Waals surface area contributed by atoms with Crippen LogP contribution in [-0.4, -0.2) is 47.2 Å². The molecule has 3 amide bonds. The molecule has 1 rings (SSSR count). The van der Waals surface area contributed by atoms with Crippen molar-refractivity contribution < 1.29 is 14.7 Å². The highest BCUT2D eigenvalue weighted by molar-refractivity contribution is 5.86. The molecule has 2 atom stereocenters. The Labute approximate surface area is 88.4 Å². The van der Waals surface area contributed by atoms with Crippen molar-refractivity contribution in [1.29, 1.82) is 0 Å². The van der Waals surface area contributed by atoms with Crippen LogP contribution >= 0.6 is 0 Å². The average molecular weight is 215 g/mol. The number of β-amino-alcohol motifs (C(OH)–C–C–N with tert-alkyl or cyclic N) is 1. The van der Waals surface area contributed by atoms with Gasteiger partial charge in [-0.2, -0.15) is 0 Å². The lowest BCUT2D eigenvalue weighted by molar-refractivity contribution is -0.121. The van der Waals surface area contributed by atoms with Gasteiger partial charge in [0, 0.05) is 19.5 Å². The molecule has 0 radical (unpaired) electrons. The van der Waals surface area contributed by atoms with E-state index in [0.29, 0.717) is 6.54 Å². The second kappa shape index (κ2) is 4.97. The zero-order chi connectivity index (χ0) is 11.4. The van der Waals surface area contributed by atoms with Crippen LogP contribution < -0.4 is 11.1 Å². The second-order valence-electron chi connectivity index (χ2n) is 3.69. The van der Waals surface area contributed by atoms with Crippen LogP contribution in [0.4, 0.5) is 4.79 Å². The molecule has 0 saturated carbocycles. The van der Waals surface area contributed by atoms with Gasteiger partial charge in [-0.25, -0.2) is 4.79 Å². The average Bonchev–Trinajstić information content (AvgIpc) is 2.57. The molecule has 1 saturated heterocycles. The molecule has 4 N–H and O–H groups in total. The van der Waals surface area contributed by atoms with Gasteiger partial charge in [-0.1, -0.05) is 6.92 Å². The van der Waals surface area contributed by atoms with Gasteiger partial charge in [-0.15, -0.1) is 0 Å². The Hall–Kier alpha value is -1.30. The summed E-state index contributed by atoms with van der Waals surface area (Å²) in [4.78, 5) is 23.9. The largest absolute Gasteiger partial charge is 0.391 e. The predicted octanol–water partition coefficient (Wildman–Crippen LogP) is -0.973. The van der Waals surface area contributed by atoms with Crippen LogP contribution in [0.15, 0.2) is 0 Å². The zero-order valence-corrected chi connectivity index (χ0v) is 8.77. The van der Waals surface area contributed by atoms with E-state index in [0.717, 1.165) is 6.42 Å². The molecule has 0 aliphatic carbocycles. The first-order valence-corrected chi connectivity index (χ1v) is 5.08. The van der Waals surface area contributed by atoms with Crippen LogP contribution in [-0.2, 0) is 4.79 Å². The fourth-order valence-electron chi connectivity index (χ4n) is 1.64. The van der Waals surface area contributed by atoms with Gasteiger partial charge in [-0.3, -0.25) is 4.79 Å². The third-order valence-electron chi connectivity index (χ3n) is 2.39. The molecule has 0 bridgehead atoms. The molecular weight excluding hydrogens is 198 g/mol. The van der Waals surface area contributed by atoms with E-state index in [2.05, 4.69) is 5.32 Å². The van der Waals surface area contributed by atoms with Crippen LogP contribution in [0.25, 0.3) is 0 Å². The van der Waals surface area contributed by atoms with Crippen LogP contribution in [0.1, 0.15) is 19.8 Å². The summed E-state index contributed by atoms with van der Waals surface area (Å²) in [5.74, 6) is -0.571. The van der Waals surface area contributed by atoms with Crippen LogP contribution in [0, 0.1) is 0 Å². The maximum Gasteiger partial charge on any atom is 0.318 e. The second-order valence-corrected chi connectivity index (χ2v) is 3.69. The summed E-state index contributed by atoms with van der Waals surface area (Å²) < 4.78 is 0. The van der Waals surface area contributed by atoms with Gasteiger partial charge in [0.2, 0.25) is 5.91 Å². The number of hydrogen-bond donors (Lipinski definition) is 3. The van der Waals surface area contributed by atoms with E-state index >= 15 is 0 Å². The van der Waals surface area contributed by atoms with E-state index in [1.807, 2.05) is 6.92 Å². The number of primary amides is 1. The van der Waals surface area contributed by atoms with E-state index in [1.54, 1.807) is 0 Å². The lowest BCUT2D eigenvalue weighted by atomic mass is 10.2. The summed E-state index contributed by atoms with van der Waals surface area (Å²) in [6.45, 7) is 2.66.